The molecule has 1 atom stereocenters. The molecule has 0 bridgehead atoms. The van der Waals surface area contributed by atoms with Gasteiger partial charge in [0.25, 0.3) is 5.69 Å². The lowest BCUT2D eigenvalue weighted by atomic mass is 9.99. The predicted molar refractivity (Wildman–Crippen MR) is 76.0 cm³/mol. The van der Waals surface area contributed by atoms with Crippen LogP contribution in [0.4, 0.5) is 5.69 Å². The highest BCUT2D eigenvalue weighted by Crippen LogP contribution is 2.14. The minimum Gasteiger partial charge on any atom is -0.391 e. The molecule has 0 saturated carbocycles. The first-order valence-electron chi connectivity index (χ1n) is 6.15. The summed E-state index contributed by atoms with van der Waals surface area (Å²) in [5, 5.41) is 22.8. The van der Waals surface area contributed by atoms with E-state index in [0.717, 1.165) is 0 Å². The normalized spacial score (nSPS) is 13.2. The van der Waals surface area contributed by atoms with Crippen LogP contribution in [-0.4, -0.2) is 27.6 Å². The fourth-order valence-electron chi connectivity index (χ4n) is 1.38. The van der Waals surface area contributed by atoms with E-state index in [2.05, 4.69) is 5.32 Å². The van der Waals surface area contributed by atoms with Crippen molar-refractivity contribution in [3.05, 3.63) is 46.0 Å². The number of nitrogens with one attached hydrogen (secondary N) is 1. The van der Waals surface area contributed by atoms with Crippen molar-refractivity contribution >= 4 is 17.7 Å². The maximum Gasteiger partial charge on any atom is 0.270 e. The molecule has 1 aromatic carbocycles. The fourth-order valence-corrected chi connectivity index (χ4v) is 1.38. The highest BCUT2D eigenvalue weighted by atomic mass is 16.6. The molecule has 108 valence electrons. The lowest BCUT2D eigenvalue weighted by Crippen LogP contribution is -2.50. The third-order valence-electron chi connectivity index (χ3n) is 3.00. The summed E-state index contributed by atoms with van der Waals surface area (Å²) in [6.07, 6.45) is 2.07. The minimum atomic E-state index is -0.746. The number of hydrogen-bond acceptors (Lipinski definition) is 4. The lowest BCUT2D eigenvalue weighted by molar-refractivity contribution is -0.384. The molecule has 6 heteroatoms. The summed E-state index contributed by atoms with van der Waals surface area (Å²) in [5.41, 5.74) is -0.217. The Balaban J connectivity index is 2.75. The molecule has 0 aliphatic heterocycles. The number of carbonyl (C=O) groups is 1. The Morgan fingerprint density at radius 3 is 2.70 bits per heavy atom. The molecule has 0 radical (unpaired) electrons. The fraction of sp³-hybridized carbons (Fsp3) is 0.357. The molecule has 0 aliphatic rings. The molecular formula is C14H18N2O4. The zero-order valence-corrected chi connectivity index (χ0v) is 11.7. The van der Waals surface area contributed by atoms with E-state index in [9.17, 15) is 20.0 Å². The number of nitro benzene ring substituents is 1. The average Bonchev–Trinajstić information content (AvgIpc) is 2.36. The Morgan fingerprint density at radius 1 is 1.50 bits per heavy atom. The van der Waals surface area contributed by atoms with Crippen molar-refractivity contribution in [2.75, 3.05) is 0 Å². The average molecular weight is 278 g/mol. The highest BCUT2D eigenvalue weighted by Gasteiger charge is 2.24. The van der Waals surface area contributed by atoms with Gasteiger partial charge in [-0.25, -0.2) is 0 Å². The van der Waals surface area contributed by atoms with E-state index >= 15 is 0 Å². The first-order valence-corrected chi connectivity index (χ1v) is 6.15. The summed E-state index contributed by atoms with van der Waals surface area (Å²) in [7, 11) is 0. The van der Waals surface area contributed by atoms with Gasteiger partial charge in [0.15, 0.2) is 0 Å². The van der Waals surface area contributed by atoms with Gasteiger partial charge in [0, 0.05) is 18.2 Å². The van der Waals surface area contributed by atoms with Crippen molar-refractivity contribution < 1.29 is 14.8 Å². The maximum absolute atomic E-state index is 11.7. The maximum atomic E-state index is 11.7. The zero-order valence-electron chi connectivity index (χ0n) is 11.7. The van der Waals surface area contributed by atoms with Gasteiger partial charge in [-0.15, -0.1) is 0 Å². The highest BCUT2D eigenvalue weighted by molar-refractivity contribution is 5.92. The zero-order chi connectivity index (χ0) is 15.3. The molecule has 1 rings (SSSR count). The third-order valence-corrected chi connectivity index (χ3v) is 3.00. The van der Waals surface area contributed by atoms with E-state index in [0.29, 0.717) is 5.56 Å². The van der Waals surface area contributed by atoms with Gasteiger partial charge in [-0.1, -0.05) is 12.1 Å². The number of benzene rings is 1. The largest absolute Gasteiger partial charge is 0.391 e. The Labute approximate surface area is 117 Å². The van der Waals surface area contributed by atoms with Crippen molar-refractivity contribution in [1.82, 2.24) is 5.32 Å². The van der Waals surface area contributed by atoms with Crippen LogP contribution in [0.2, 0.25) is 0 Å². The van der Waals surface area contributed by atoms with E-state index in [4.69, 9.17) is 0 Å². The summed E-state index contributed by atoms with van der Waals surface area (Å²) in [6.45, 7) is 5.00. The number of non-ortho nitro benzene ring substituents is 1. The van der Waals surface area contributed by atoms with Crippen molar-refractivity contribution in [2.45, 2.75) is 32.4 Å². The quantitative estimate of drug-likeness (QED) is 0.488. The van der Waals surface area contributed by atoms with Gasteiger partial charge in [-0.2, -0.15) is 0 Å². The van der Waals surface area contributed by atoms with E-state index in [-0.39, 0.29) is 11.6 Å². The van der Waals surface area contributed by atoms with Gasteiger partial charge in [0.1, 0.15) is 0 Å². The molecule has 0 spiro atoms. The number of nitro groups is 1. The summed E-state index contributed by atoms with van der Waals surface area (Å²) in [5.74, 6) is -0.373. The number of nitrogens with zero attached hydrogens (tertiary/aromatic N) is 1. The number of hydrogen-bond donors (Lipinski definition) is 2. The molecule has 0 aliphatic carbocycles. The van der Waals surface area contributed by atoms with Crippen LogP contribution in [0.1, 0.15) is 26.3 Å². The van der Waals surface area contributed by atoms with Crippen molar-refractivity contribution in [2.24, 2.45) is 0 Å². The Bertz CT molecular complexity index is 536. The number of carbonyl (C=O) groups excluding carboxylic acids is 1. The van der Waals surface area contributed by atoms with Crippen LogP contribution in [0.3, 0.4) is 0 Å². The molecule has 1 aromatic rings. The molecule has 0 saturated heterocycles. The monoisotopic (exact) mass is 278 g/mol. The SMILES string of the molecule is CC(O)C(C)(C)NC(=O)/C=C/c1cccc([N+](=O)[O-])c1. The second-order valence-corrected chi connectivity index (χ2v) is 5.07. The standard InChI is InChI=1S/C14H18N2O4/c1-10(17)14(2,3)15-13(18)8-7-11-5-4-6-12(9-11)16(19)20/h4-10,17H,1-3H3,(H,15,18)/b8-7+. The summed E-state index contributed by atoms with van der Waals surface area (Å²) in [6, 6.07) is 5.98. The van der Waals surface area contributed by atoms with E-state index in [1.165, 1.54) is 24.3 Å². The second-order valence-electron chi connectivity index (χ2n) is 5.07. The summed E-state index contributed by atoms with van der Waals surface area (Å²) >= 11 is 0. The molecular weight excluding hydrogens is 260 g/mol. The molecule has 1 unspecified atom stereocenters. The van der Waals surface area contributed by atoms with Crippen molar-refractivity contribution in [3.8, 4) is 0 Å². The molecule has 2 N–H and O–H groups in total. The molecule has 0 heterocycles. The third kappa shape index (κ3) is 4.47. The van der Waals surface area contributed by atoms with Gasteiger partial charge in [0.2, 0.25) is 5.91 Å². The Hall–Kier alpha value is -2.21. The van der Waals surface area contributed by atoms with Crippen LogP contribution in [0, 0.1) is 10.1 Å². The molecule has 0 fully saturated rings. The Morgan fingerprint density at radius 2 is 2.15 bits per heavy atom. The second kappa shape index (κ2) is 6.29. The van der Waals surface area contributed by atoms with Crippen LogP contribution in [0.5, 0.6) is 0 Å². The molecule has 1 amide bonds. The van der Waals surface area contributed by atoms with Crippen molar-refractivity contribution in [1.29, 1.82) is 0 Å². The summed E-state index contributed by atoms with van der Waals surface area (Å²) in [4.78, 5) is 21.8. The Kier molecular flexibility index (Phi) is 4.99. The van der Waals surface area contributed by atoms with Crippen LogP contribution in [0.25, 0.3) is 6.08 Å². The molecule has 0 aromatic heterocycles. The van der Waals surface area contributed by atoms with Crippen molar-refractivity contribution in [3.63, 3.8) is 0 Å². The van der Waals surface area contributed by atoms with Gasteiger partial charge in [0.05, 0.1) is 16.6 Å². The summed E-state index contributed by atoms with van der Waals surface area (Å²) < 4.78 is 0. The van der Waals surface area contributed by atoms with Gasteiger partial charge in [-0.05, 0) is 32.4 Å². The van der Waals surface area contributed by atoms with Gasteiger partial charge in [-0.3, -0.25) is 14.9 Å². The van der Waals surface area contributed by atoms with Crippen LogP contribution < -0.4 is 5.32 Å². The number of rotatable bonds is 5. The first-order chi connectivity index (χ1) is 9.22. The minimum absolute atomic E-state index is 0.0307. The van der Waals surface area contributed by atoms with E-state index < -0.39 is 16.6 Å². The van der Waals surface area contributed by atoms with Gasteiger partial charge < -0.3 is 10.4 Å². The van der Waals surface area contributed by atoms with Crippen LogP contribution in [-0.2, 0) is 4.79 Å². The molecule has 20 heavy (non-hydrogen) atoms. The number of amides is 1. The predicted octanol–water partition coefficient (Wildman–Crippen LogP) is 1.88. The van der Waals surface area contributed by atoms with E-state index in [1.54, 1.807) is 32.9 Å². The first kappa shape index (κ1) is 15.8. The van der Waals surface area contributed by atoms with Gasteiger partial charge >= 0.3 is 0 Å². The van der Waals surface area contributed by atoms with Crippen LogP contribution >= 0.6 is 0 Å². The topological polar surface area (TPSA) is 92.5 Å². The van der Waals surface area contributed by atoms with E-state index in [1.807, 2.05) is 0 Å². The molecule has 6 nitrogen and oxygen atoms in total. The number of aliphatic hydroxyl groups is 1. The number of aliphatic hydroxyl groups excluding tert-OH is 1. The van der Waals surface area contributed by atoms with Crippen LogP contribution in [0.15, 0.2) is 30.3 Å². The smallest absolute Gasteiger partial charge is 0.270 e. The lowest BCUT2D eigenvalue weighted by Gasteiger charge is -2.28.